The van der Waals surface area contributed by atoms with E-state index in [2.05, 4.69) is 30.7 Å². The van der Waals surface area contributed by atoms with E-state index < -0.39 is 23.5 Å². The van der Waals surface area contributed by atoms with E-state index in [-0.39, 0.29) is 11.2 Å². The largest absolute Gasteiger partial charge is 0.437 e. The smallest absolute Gasteiger partial charge is 0.351 e. The number of halogens is 3. The monoisotopic (exact) mass is 406 g/mol. The van der Waals surface area contributed by atoms with E-state index in [0.29, 0.717) is 12.1 Å². The first-order chi connectivity index (χ1) is 13.8. The highest BCUT2D eigenvalue weighted by molar-refractivity contribution is 6.08. The van der Waals surface area contributed by atoms with Crippen LogP contribution in [0.15, 0.2) is 24.7 Å². The Balaban J connectivity index is 1.46. The standard InChI is InChI=1S/C17H17F3N8O/c1-26-8-12(14(25-26)17(18,19)20)23-16(29)11-6-22-28-3-2-13(24-15(11)28)27-7-9-4-10(27)5-21-9/h2-3,6,8-10,21H,4-5,7H2,1H3,(H,23,29). The highest BCUT2D eigenvalue weighted by Crippen LogP contribution is 2.34. The molecule has 0 aliphatic carbocycles. The molecule has 12 heteroatoms. The summed E-state index contributed by atoms with van der Waals surface area (Å²) in [6.45, 7) is 1.71. The van der Waals surface area contributed by atoms with Gasteiger partial charge in [-0.3, -0.25) is 9.48 Å². The third-order valence-corrected chi connectivity index (χ3v) is 5.30. The summed E-state index contributed by atoms with van der Waals surface area (Å²) >= 11 is 0. The summed E-state index contributed by atoms with van der Waals surface area (Å²) in [5.74, 6) is -0.00818. The summed E-state index contributed by atoms with van der Waals surface area (Å²) in [5, 5.41) is 13.2. The van der Waals surface area contributed by atoms with Gasteiger partial charge in [0.05, 0.1) is 11.9 Å². The topological polar surface area (TPSA) is 92.4 Å². The van der Waals surface area contributed by atoms with Crippen LogP contribution in [-0.2, 0) is 13.2 Å². The highest BCUT2D eigenvalue weighted by atomic mass is 19.4. The lowest BCUT2D eigenvalue weighted by molar-refractivity contribution is -0.140. The number of carbonyl (C=O) groups is 1. The van der Waals surface area contributed by atoms with Crippen molar-refractivity contribution in [2.75, 3.05) is 23.3 Å². The molecule has 2 fully saturated rings. The number of nitrogens with zero attached hydrogens (tertiary/aromatic N) is 6. The number of amides is 1. The summed E-state index contributed by atoms with van der Waals surface area (Å²) in [5.41, 5.74) is -1.19. The van der Waals surface area contributed by atoms with Crippen LogP contribution in [0.2, 0.25) is 0 Å². The van der Waals surface area contributed by atoms with Crippen LogP contribution >= 0.6 is 0 Å². The van der Waals surface area contributed by atoms with Crippen LogP contribution in [-0.4, -0.2) is 55.5 Å². The van der Waals surface area contributed by atoms with Crippen molar-refractivity contribution in [3.05, 3.63) is 35.9 Å². The van der Waals surface area contributed by atoms with Crippen LogP contribution in [0.3, 0.4) is 0 Å². The minimum atomic E-state index is -4.68. The van der Waals surface area contributed by atoms with Crippen molar-refractivity contribution in [2.45, 2.75) is 24.7 Å². The first-order valence-electron chi connectivity index (χ1n) is 9.06. The number of piperazine rings is 1. The second-order valence-electron chi connectivity index (χ2n) is 7.28. The number of carbonyl (C=O) groups excluding carboxylic acids is 1. The zero-order valence-corrected chi connectivity index (χ0v) is 15.3. The quantitative estimate of drug-likeness (QED) is 0.681. The molecule has 2 aliphatic rings. The summed E-state index contributed by atoms with van der Waals surface area (Å²) < 4.78 is 41.9. The average molecular weight is 406 g/mol. The van der Waals surface area contributed by atoms with Crippen LogP contribution in [0.25, 0.3) is 5.65 Å². The lowest BCUT2D eigenvalue weighted by Gasteiger charge is -2.28. The van der Waals surface area contributed by atoms with Crippen molar-refractivity contribution in [3.63, 3.8) is 0 Å². The summed E-state index contributed by atoms with van der Waals surface area (Å²) in [6.07, 6.45) is 0.460. The fourth-order valence-electron chi connectivity index (χ4n) is 4.00. The van der Waals surface area contributed by atoms with Crippen molar-refractivity contribution in [1.29, 1.82) is 0 Å². The maximum absolute atomic E-state index is 13.1. The predicted molar refractivity (Wildman–Crippen MR) is 96.7 cm³/mol. The summed E-state index contributed by atoms with van der Waals surface area (Å²) in [6, 6.07) is 2.60. The van der Waals surface area contributed by atoms with Gasteiger partial charge < -0.3 is 15.5 Å². The van der Waals surface area contributed by atoms with Gasteiger partial charge in [0, 0.05) is 44.6 Å². The number of hydrogen-bond donors (Lipinski definition) is 2. The number of aromatic nitrogens is 5. The molecular weight excluding hydrogens is 389 g/mol. The molecule has 5 rings (SSSR count). The molecule has 2 N–H and O–H groups in total. The average Bonchev–Trinajstić information content (AvgIpc) is 3.43. The SMILES string of the molecule is Cn1cc(NC(=O)c2cnn3ccc(N4CC5CC4CN5)nc23)c(C(F)(F)F)n1. The van der Waals surface area contributed by atoms with Crippen molar-refractivity contribution in [2.24, 2.45) is 7.05 Å². The van der Waals surface area contributed by atoms with Gasteiger partial charge in [0.25, 0.3) is 5.91 Å². The molecular formula is C17H17F3N8O. The molecule has 5 heterocycles. The second-order valence-corrected chi connectivity index (χ2v) is 7.28. The Morgan fingerprint density at radius 1 is 1.38 bits per heavy atom. The van der Waals surface area contributed by atoms with Gasteiger partial charge in [0.2, 0.25) is 0 Å². The first kappa shape index (κ1) is 17.9. The van der Waals surface area contributed by atoms with Gasteiger partial charge in [-0.25, -0.2) is 9.50 Å². The molecule has 1 amide bonds. The normalized spacial score (nSPS) is 21.3. The molecule has 0 spiro atoms. The Hall–Kier alpha value is -3.15. The van der Waals surface area contributed by atoms with Gasteiger partial charge in [-0.2, -0.15) is 23.4 Å². The molecule has 2 unspecified atom stereocenters. The van der Waals surface area contributed by atoms with Crippen LogP contribution in [0.5, 0.6) is 0 Å². The molecule has 29 heavy (non-hydrogen) atoms. The van der Waals surface area contributed by atoms with Crippen LogP contribution in [0.4, 0.5) is 24.7 Å². The Morgan fingerprint density at radius 2 is 2.21 bits per heavy atom. The molecule has 3 aromatic rings. The Labute approximate surface area is 162 Å². The van der Waals surface area contributed by atoms with Gasteiger partial charge >= 0.3 is 6.18 Å². The first-order valence-corrected chi connectivity index (χ1v) is 9.06. The van der Waals surface area contributed by atoms with Crippen LogP contribution < -0.4 is 15.5 Å². The zero-order chi connectivity index (χ0) is 20.3. The fraction of sp³-hybridized carbons (Fsp3) is 0.412. The molecule has 0 saturated carbocycles. The van der Waals surface area contributed by atoms with Crippen LogP contribution in [0.1, 0.15) is 22.5 Å². The van der Waals surface area contributed by atoms with Crippen LogP contribution in [0, 0.1) is 0 Å². The molecule has 3 aromatic heterocycles. The molecule has 2 saturated heterocycles. The number of nitrogens with one attached hydrogen (secondary N) is 2. The van der Waals surface area contributed by atoms with E-state index in [1.54, 1.807) is 6.20 Å². The molecule has 2 bridgehead atoms. The van der Waals surface area contributed by atoms with E-state index in [1.165, 1.54) is 17.8 Å². The van der Waals surface area contributed by atoms with Gasteiger partial charge in [0.15, 0.2) is 11.3 Å². The van der Waals surface area contributed by atoms with E-state index in [9.17, 15) is 18.0 Å². The minimum absolute atomic E-state index is 0.0892. The third kappa shape index (κ3) is 2.99. The van der Waals surface area contributed by atoms with E-state index >= 15 is 0 Å². The Morgan fingerprint density at radius 3 is 2.90 bits per heavy atom. The molecule has 152 valence electrons. The van der Waals surface area contributed by atoms with Gasteiger partial charge in [0.1, 0.15) is 11.4 Å². The number of anilines is 2. The highest BCUT2D eigenvalue weighted by Gasteiger charge is 2.39. The van der Waals surface area contributed by atoms with Gasteiger partial charge in [-0.15, -0.1) is 0 Å². The lowest BCUT2D eigenvalue weighted by Crippen LogP contribution is -2.44. The Kier molecular flexibility index (Phi) is 3.81. The van der Waals surface area contributed by atoms with E-state index in [0.717, 1.165) is 36.2 Å². The van der Waals surface area contributed by atoms with Gasteiger partial charge in [-0.1, -0.05) is 0 Å². The number of alkyl halides is 3. The van der Waals surface area contributed by atoms with Gasteiger partial charge in [-0.05, 0) is 12.5 Å². The second kappa shape index (κ2) is 6.17. The van der Waals surface area contributed by atoms with E-state index in [1.807, 2.05) is 6.07 Å². The number of aryl methyl sites for hydroxylation is 1. The number of fused-ring (bicyclic) bond motifs is 3. The molecule has 2 aliphatic heterocycles. The fourth-order valence-corrected chi connectivity index (χ4v) is 4.00. The van der Waals surface area contributed by atoms with Crippen molar-refractivity contribution in [1.82, 2.24) is 29.7 Å². The third-order valence-electron chi connectivity index (χ3n) is 5.30. The summed E-state index contributed by atoms with van der Waals surface area (Å²) in [7, 11) is 1.35. The number of rotatable bonds is 3. The predicted octanol–water partition coefficient (Wildman–Crippen LogP) is 1.28. The molecule has 0 aromatic carbocycles. The molecule has 0 radical (unpaired) electrons. The van der Waals surface area contributed by atoms with E-state index in [4.69, 9.17) is 0 Å². The minimum Gasteiger partial charge on any atom is -0.351 e. The number of hydrogen-bond acceptors (Lipinski definition) is 6. The lowest BCUT2D eigenvalue weighted by atomic mass is 10.2. The van der Waals surface area contributed by atoms with Crippen molar-refractivity contribution < 1.29 is 18.0 Å². The maximum Gasteiger partial charge on any atom is 0.437 e. The maximum atomic E-state index is 13.1. The van der Waals surface area contributed by atoms with Crippen molar-refractivity contribution >= 4 is 23.1 Å². The zero-order valence-electron chi connectivity index (χ0n) is 15.3. The van der Waals surface area contributed by atoms with Crippen molar-refractivity contribution in [3.8, 4) is 0 Å². The summed E-state index contributed by atoms with van der Waals surface area (Å²) in [4.78, 5) is 19.5. The Bertz CT molecular complexity index is 1100. The molecule has 9 nitrogen and oxygen atoms in total. The molecule has 2 atom stereocenters.